The zero-order chi connectivity index (χ0) is 16.3. The summed E-state index contributed by atoms with van der Waals surface area (Å²) in [5.74, 6) is -0.538. The number of aryl methyl sites for hydroxylation is 2. The lowest BCUT2D eigenvalue weighted by molar-refractivity contribution is -0.114. The Balaban J connectivity index is 2.29. The lowest BCUT2D eigenvalue weighted by Gasteiger charge is -2.12. The highest BCUT2D eigenvalue weighted by Crippen LogP contribution is 2.26. The van der Waals surface area contributed by atoms with Crippen LogP contribution in [0.2, 0.25) is 5.02 Å². The van der Waals surface area contributed by atoms with Crippen molar-refractivity contribution in [2.24, 2.45) is 0 Å². The summed E-state index contributed by atoms with van der Waals surface area (Å²) in [5.41, 5.74) is 2.16. The molecular formula is C15H17ClN4O2. The molecule has 1 aromatic carbocycles. The third-order valence-electron chi connectivity index (χ3n) is 2.97. The average molecular weight is 321 g/mol. The average Bonchev–Trinajstić information content (AvgIpc) is 2.82. The van der Waals surface area contributed by atoms with Crippen LogP contribution in [0.5, 0.6) is 0 Å². The number of nitrogens with one attached hydrogen (secondary N) is 2. The Hall–Kier alpha value is -2.34. The number of rotatable bonds is 4. The predicted octanol–water partition coefficient (Wildman–Crippen LogP) is 3.08. The van der Waals surface area contributed by atoms with E-state index >= 15 is 0 Å². The summed E-state index contributed by atoms with van der Waals surface area (Å²) in [5, 5.41) is 10.1. The minimum Gasteiger partial charge on any atom is -0.324 e. The van der Waals surface area contributed by atoms with Crippen molar-refractivity contribution in [1.82, 2.24) is 9.78 Å². The van der Waals surface area contributed by atoms with Gasteiger partial charge in [0.05, 0.1) is 17.1 Å². The van der Waals surface area contributed by atoms with Gasteiger partial charge in [-0.15, -0.1) is 0 Å². The molecule has 2 aromatic rings. The molecule has 0 aliphatic rings. The van der Waals surface area contributed by atoms with E-state index in [2.05, 4.69) is 15.7 Å². The fraction of sp³-hybridized carbons (Fsp3) is 0.267. The molecule has 0 spiro atoms. The monoisotopic (exact) mass is 320 g/mol. The van der Waals surface area contributed by atoms with E-state index in [1.54, 1.807) is 28.9 Å². The number of aromatic nitrogens is 2. The van der Waals surface area contributed by atoms with Crippen LogP contribution in [0.4, 0.5) is 11.4 Å². The number of nitrogens with zero attached hydrogens (tertiary/aromatic N) is 2. The van der Waals surface area contributed by atoms with Crippen LogP contribution in [0.15, 0.2) is 24.3 Å². The highest BCUT2D eigenvalue weighted by molar-refractivity contribution is 6.31. The van der Waals surface area contributed by atoms with Gasteiger partial charge in [-0.25, -0.2) is 0 Å². The van der Waals surface area contributed by atoms with E-state index in [-0.39, 0.29) is 11.8 Å². The second kappa shape index (κ2) is 6.62. The first-order chi connectivity index (χ1) is 10.4. The highest BCUT2D eigenvalue weighted by atomic mass is 35.5. The van der Waals surface area contributed by atoms with E-state index < -0.39 is 0 Å². The van der Waals surface area contributed by atoms with Gasteiger partial charge in [-0.05, 0) is 38.1 Å². The number of anilines is 2. The van der Waals surface area contributed by atoms with Gasteiger partial charge in [-0.2, -0.15) is 5.10 Å². The maximum absolute atomic E-state index is 12.4. The molecule has 0 atom stereocenters. The van der Waals surface area contributed by atoms with Crippen molar-refractivity contribution in [1.29, 1.82) is 0 Å². The van der Waals surface area contributed by atoms with Gasteiger partial charge < -0.3 is 10.6 Å². The molecule has 0 aliphatic heterocycles. The number of hydrogen-bond acceptors (Lipinski definition) is 3. The smallest absolute Gasteiger partial charge is 0.273 e. The van der Waals surface area contributed by atoms with Gasteiger partial charge in [0.2, 0.25) is 5.91 Å². The van der Waals surface area contributed by atoms with Crippen molar-refractivity contribution in [3.05, 3.63) is 40.7 Å². The summed E-state index contributed by atoms with van der Waals surface area (Å²) in [6.07, 6.45) is 0. The highest BCUT2D eigenvalue weighted by Gasteiger charge is 2.15. The fourth-order valence-corrected chi connectivity index (χ4v) is 2.25. The van der Waals surface area contributed by atoms with Gasteiger partial charge in [0, 0.05) is 18.5 Å². The van der Waals surface area contributed by atoms with Crippen LogP contribution in [0, 0.1) is 6.92 Å². The van der Waals surface area contributed by atoms with E-state index in [1.807, 2.05) is 13.8 Å². The number of hydrogen-bond donors (Lipinski definition) is 2. The summed E-state index contributed by atoms with van der Waals surface area (Å²) in [6, 6.07) is 6.59. The van der Waals surface area contributed by atoms with E-state index in [0.29, 0.717) is 28.6 Å². The van der Waals surface area contributed by atoms with Crippen molar-refractivity contribution >= 4 is 34.8 Å². The van der Waals surface area contributed by atoms with Crippen LogP contribution < -0.4 is 10.6 Å². The number of carbonyl (C=O) groups is 2. The molecule has 0 unspecified atom stereocenters. The first-order valence-corrected chi connectivity index (χ1v) is 7.21. The van der Waals surface area contributed by atoms with Gasteiger partial charge in [0.1, 0.15) is 5.69 Å². The van der Waals surface area contributed by atoms with Crippen molar-refractivity contribution in [3.63, 3.8) is 0 Å². The van der Waals surface area contributed by atoms with Crippen LogP contribution in [0.1, 0.15) is 30.0 Å². The third kappa shape index (κ3) is 3.65. The largest absolute Gasteiger partial charge is 0.324 e. The molecule has 0 saturated heterocycles. The molecule has 0 saturated carbocycles. The molecule has 1 heterocycles. The Bertz CT molecular complexity index is 724. The maximum Gasteiger partial charge on any atom is 0.273 e. The molecule has 0 radical (unpaired) electrons. The summed E-state index contributed by atoms with van der Waals surface area (Å²) in [4.78, 5) is 23.7. The quantitative estimate of drug-likeness (QED) is 0.909. The number of halogens is 1. The molecule has 22 heavy (non-hydrogen) atoms. The number of benzene rings is 1. The molecule has 0 fully saturated rings. The molecule has 0 bridgehead atoms. The van der Waals surface area contributed by atoms with E-state index in [9.17, 15) is 9.59 Å². The second-order valence-electron chi connectivity index (χ2n) is 4.81. The summed E-state index contributed by atoms with van der Waals surface area (Å²) >= 11 is 5.93. The lowest BCUT2D eigenvalue weighted by Crippen LogP contribution is -2.18. The Morgan fingerprint density at radius 1 is 1.23 bits per heavy atom. The Labute approximate surface area is 133 Å². The molecule has 2 amide bonds. The van der Waals surface area contributed by atoms with E-state index in [1.165, 1.54) is 6.92 Å². The zero-order valence-electron chi connectivity index (χ0n) is 12.6. The first kappa shape index (κ1) is 16.0. The Kier molecular flexibility index (Phi) is 4.82. The molecule has 1 aromatic heterocycles. The Morgan fingerprint density at radius 3 is 2.59 bits per heavy atom. The predicted molar refractivity (Wildman–Crippen MR) is 86.3 cm³/mol. The Morgan fingerprint density at radius 2 is 1.95 bits per heavy atom. The number of amides is 2. The molecular weight excluding hydrogens is 304 g/mol. The van der Waals surface area contributed by atoms with Gasteiger partial charge in [0.15, 0.2) is 0 Å². The molecule has 0 aliphatic carbocycles. The van der Waals surface area contributed by atoms with Crippen molar-refractivity contribution in [2.45, 2.75) is 27.3 Å². The molecule has 116 valence electrons. The van der Waals surface area contributed by atoms with Gasteiger partial charge >= 0.3 is 0 Å². The SMILES string of the molecule is CCn1nc(C)cc1C(=O)Nc1ccc(Cl)cc1NC(C)=O. The van der Waals surface area contributed by atoms with Crippen molar-refractivity contribution in [2.75, 3.05) is 10.6 Å². The molecule has 2 rings (SSSR count). The molecule has 7 heteroatoms. The van der Waals surface area contributed by atoms with E-state index in [4.69, 9.17) is 11.6 Å². The minimum absolute atomic E-state index is 0.243. The van der Waals surface area contributed by atoms with Crippen LogP contribution >= 0.6 is 11.6 Å². The summed E-state index contributed by atoms with van der Waals surface area (Å²) in [7, 11) is 0. The lowest BCUT2D eigenvalue weighted by atomic mass is 10.2. The van der Waals surface area contributed by atoms with Crippen LogP contribution in [0.3, 0.4) is 0 Å². The minimum atomic E-state index is -0.295. The zero-order valence-corrected chi connectivity index (χ0v) is 13.4. The van der Waals surface area contributed by atoms with Crippen molar-refractivity contribution in [3.8, 4) is 0 Å². The normalized spacial score (nSPS) is 10.4. The third-order valence-corrected chi connectivity index (χ3v) is 3.21. The van der Waals surface area contributed by atoms with Crippen molar-refractivity contribution < 1.29 is 9.59 Å². The standard InChI is InChI=1S/C15H17ClN4O2/c1-4-20-14(7-9(2)19-20)15(22)18-12-6-5-11(16)8-13(12)17-10(3)21/h5-8H,4H2,1-3H3,(H,17,21)(H,18,22). The van der Waals surface area contributed by atoms with Crippen LogP contribution in [-0.2, 0) is 11.3 Å². The second-order valence-corrected chi connectivity index (χ2v) is 5.25. The van der Waals surface area contributed by atoms with E-state index in [0.717, 1.165) is 5.69 Å². The van der Waals surface area contributed by atoms with Gasteiger partial charge in [-0.3, -0.25) is 14.3 Å². The summed E-state index contributed by atoms with van der Waals surface area (Å²) < 4.78 is 1.62. The fourth-order valence-electron chi connectivity index (χ4n) is 2.07. The first-order valence-electron chi connectivity index (χ1n) is 6.83. The molecule has 2 N–H and O–H groups in total. The van der Waals surface area contributed by atoms with Crippen LogP contribution in [-0.4, -0.2) is 21.6 Å². The van der Waals surface area contributed by atoms with Crippen LogP contribution in [0.25, 0.3) is 0 Å². The summed E-state index contributed by atoms with van der Waals surface area (Å²) in [6.45, 7) is 5.72. The van der Waals surface area contributed by atoms with Gasteiger partial charge in [0.25, 0.3) is 5.91 Å². The topological polar surface area (TPSA) is 76.0 Å². The van der Waals surface area contributed by atoms with Gasteiger partial charge in [-0.1, -0.05) is 11.6 Å². The maximum atomic E-state index is 12.4. The number of carbonyl (C=O) groups excluding carboxylic acids is 2. The molecule has 6 nitrogen and oxygen atoms in total.